The van der Waals surface area contributed by atoms with E-state index in [9.17, 15) is 27.6 Å². The van der Waals surface area contributed by atoms with Crippen LogP contribution in [0.15, 0.2) is 48.5 Å². The van der Waals surface area contributed by atoms with Crippen molar-refractivity contribution < 1.29 is 37.4 Å². The molecule has 1 unspecified atom stereocenters. The zero-order chi connectivity index (χ0) is 25.2. The Morgan fingerprint density at radius 1 is 1.00 bits per heavy atom. The van der Waals surface area contributed by atoms with Crippen LogP contribution < -0.4 is 10.6 Å². The standard InChI is InChI=1S/C25H25F3N2O5/c26-25(27,28)22(23(32)33)30-21(31)12-14-9-10-15(11-14)29-24(34)35-13-20-18-7-3-1-5-16(18)17-6-2-4-8-19(17)20/h1-8,14-15,20,22H,9-13H2,(H,29,34)(H,30,31)(H,32,33)/t14-,15+,22?/m0/s1. The molecule has 3 N–H and O–H groups in total. The highest BCUT2D eigenvalue weighted by Gasteiger charge is 2.46. The molecule has 2 aliphatic rings. The lowest BCUT2D eigenvalue weighted by Gasteiger charge is -2.19. The lowest BCUT2D eigenvalue weighted by atomic mass is 9.98. The zero-order valence-electron chi connectivity index (χ0n) is 18.7. The normalized spacial score (nSPS) is 20.0. The number of ether oxygens (including phenoxy) is 1. The van der Waals surface area contributed by atoms with E-state index in [-0.39, 0.29) is 30.9 Å². The zero-order valence-corrected chi connectivity index (χ0v) is 18.7. The molecule has 2 amide bonds. The van der Waals surface area contributed by atoms with Crippen molar-refractivity contribution in [2.24, 2.45) is 5.92 Å². The maximum absolute atomic E-state index is 12.7. The Balaban J connectivity index is 1.26. The van der Waals surface area contributed by atoms with Gasteiger partial charge >= 0.3 is 18.2 Å². The Labute approximate surface area is 199 Å². The Bertz CT molecular complexity index is 1070. The summed E-state index contributed by atoms with van der Waals surface area (Å²) in [6, 6.07) is 12.7. The summed E-state index contributed by atoms with van der Waals surface area (Å²) in [6.45, 7) is 0.159. The number of carboxylic acids is 1. The summed E-state index contributed by atoms with van der Waals surface area (Å²) >= 11 is 0. The fourth-order valence-electron chi connectivity index (χ4n) is 4.96. The Kier molecular flexibility index (Phi) is 7.00. The maximum Gasteiger partial charge on any atom is 0.419 e. The number of alkyl halides is 3. The van der Waals surface area contributed by atoms with Crippen LogP contribution in [0.2, 0.25) is 0 Å². The second kappa shape index (κ2) is 9.97. The van der Waals surface area contributed by atoms with Gasteiger partial charge in [-0.2, -0.15) is 13.2 Å². The molecular weight excluding hydrogens is 465 g/mol. The first kappa shape index (κ1) is 24.6. The van der Waals surface area contributed by atoms with E-state index >= 15 is 0 Å². The van der Waals surface area contributed by atoms with Gasteiger partial charge in [-0.15, -0.1) is 0 Å². The molecule has 35 heavy (non-hydrogen) atoms. The quantitative estimate of drug-likeness (QED) is 0.539. The number of halogens is 3. The van der Waals surface area contributed by atoms with E-state index in [2.05, 4.69) is 5.32 Å². The number of rotatable bonds is 7. The van der Waals surface area contributed by atoms with Crippen LogP contribution in [0.1, 0.15) is 42.7 Å². The number of carbonyl (C=O) groups is 3. The van der Waals surface area contributed by atoms with E-state index in [1.807, 2.05) is 48.5 Å². The number of aliphatic carboxylic acids is 1. The first-order chi connectivity index (χ1) is 16.6. The van der Waals surface area contributed by atoms with Gasteiger partial charge in [-0.25, -0.2) is 9.59 Å². The summed E-state index contributed by atoms with van der Waals surface area (Å²) in [7, 11) is 0. The van der Waals surface area contributed by atoms with Crippen LogP contribution >= 0.6 is 0 Å². The molecule has 0 bridgehead atoms. The van der Waals surface area contributed by atoms with E-state index in [4.69, 9.17) is 9.84 Å². The minimum Gasteiger partial charge on any atom is -0.479 e. The number of benzene rings is 2. The fraction of sp³-hybridized carbons (Fsp3) is 0.400. The molecule has 1 fully saturated rings. The average molecular weight is 490 g/mol. The van der Waals surface area contributed by atoms with Crippen LogP contribution in [-0.4, -0.2) is 47.9 Å². The van der Waals surface area contributed by atoms with Crippen LogP contribution in [0.4, 0.5) is 18.0 Å². The van der Waals surface area contributed by atoms with Crippen molar-refractivity contribution in [1.29, 1.82) is 0 Å². The van der Waals surface area contributed by atoms with E-state index in [0.717, 1.165) is 22.3 Å². The van der Waals surface area contributed by atoms with Crippen LogP contribution in [0.5, 0.6) is 0 Å². The van der Waals surface area contributed by atoms with E-state index < -0.39 is 30.2 Å². The average Bonchev–Trinajstić information content (AvgIpc) is 3.37. The highest BCUT2D eigenvalue weighted by Crippen LogP contribution is 2.44. The van der Waals surface area contributed by atoms with Crippen molar-refractivity contribution in [3.05, 3.63) is 59.7 Å². The molecule has 2 aromatic rings. The third-order valence-corrected chi connectivity index (χ3v) is 6.56. The van der Waals surface area contributed by atoms with Crippen LogP contribution in [0.3, 0.4) is 0 Å². The van der Waals surface area contributed by atoms with E-state index in [1.54, 1.807) is 0 Å². The van der Waals surface area contributed by atoms with Crippen molar-refractivity contribution in [3.63, 3.8) is 0 Å². The van der Waals surface area contributed by atoms with Gasteiger partial charge in [0.2, 0.25) is 11.9 Å². The van der Waals surface area contributed by atoms with Gasteiger partial charge in [-0.1, -0.05) is 48.5 Å². The van der Waals surface area contributed by atoms with Crippen molar-refractivity contribution in [2.45, 2.75) is 49.9 Å². The van der Waals surface area contributed by atoms with E-state index in [0.29, 0.717) is 19.3 Å². The molecule has 1 saturated carbocycles. The Hall–Kier alpha value is -3.56. The van der Waals surface area contributed by atoms with Crippen molar-refractivity contribution in [3.8, 4) is 11.1 Å². The molecule has 10 heteroatoms. The van der Waals surface area contributed by atoms with Gasteiger partial charge in [-0.05, 0) is 47.4 Å². The molecule has 0 spiro atoms. The van der Waals surface area contributed by atoms with Crippen molar-refractivity contribution >= 4 is 18.0 Å². The van der Waals surface area contributed by atoms with Gasteiger partial charge in [0, 0.05) is 18.4 Å². The molecule has 0 heterocycles. The smallest absolute Gasteiger partial charge is 0.419 e. The van der Waals surface area contributed by atoms with Gasteiger partial charge < -0.3 is 20.5 Å². The molecule has 4 rings (SSSR count). The molecule has 0 aliphatic heterocycles. The summed E-state index contributed by atoms with van der Waals surface area (Å²) < 4.78 is 43.7. The number of nitrogens with one attached hydrogen (secondary N) is 2. The van der Waals surface area contributed by atoms with Crippen molar-refractivity contribution in [2.75, 3.05) is 6.61 Å². The number of carbonyl (C=O) groups excluding carboxylic acids is 2. The molecule has 2 aromatic carbocycles. The van der Waals surface area contributed by atoms with Crippen LogP contribution in [0.25, 0.3) is 11.1 Å². The minimum absolute atomic E-state index is 0.0796. The van der Waals surface area contributed by atoms with Gasteiger partial charge in [0.15, 0.2) is 0 Å². The van der Waals surface area contributed by atoms with Gasteiger partial charge in [0.25, 0.3) is 0 Å². The largest absolute Gasteiger partial charge is 0.479 e. The molecule has 2 aliphatic carbocycles. The fourth-order valence-corrected chi connectivity index (χ4v) is 4.96. The highest BCUT2D eigenvalue weighted by atomic mass is 19.4. The van der Waals surface area contributed by atoms with Gasteiger partial charge in [-0.3, -0.25) is 4.79 Å². The number of amides is 2. The maximum atomic E-state index is 12.7. The number of fused-ring (bicyclic) bond motifs is 3. The van der Waals surface area contributed by atoms with Gasteiger partial charge in [0.05, 0.1) is 0 Å². The number of alkyl carbamates (subject to hydrolysis) is 1. The lowest BCUT2D eigenvalue weighted by molar-refractivity contribution is -0.182. The summed E-state index contributed by atoms with van der Waals surface area (Å²) in [5.74, 6) is -3.49. The first-order valence-electron chi connectivity index (χ1n) is 11.3. The van der Waals surface area contributed by atoms with Crippen LogP contribution in [-0.2, 0) is 14.3 Å². The Morgan fingerprint density at radius 2 is 1.60 bits per heavy atom. The molecule has 0 saturated heterocycles. The second-order valence-electron chi connectivity index (χ2n) is 8.93. The van der Waals surface area contributed by atoms with Crippen molar-refractivity contribution in [1.82, 2.24) is 10.6 Å². The van der Waals surface area contributed by atoms with Gasteiger partial charge in [0.1, 0.15) is 6.61 Å². The third kappa shape index (κ3) is 5.58. The molecular formula is C25H25F3N2O5. The molecule has 3 atom stereocenters. The first-order valence-corrected chi connectivity index (χ1v) is 11.3. The number of hydrogen-bond acceptors (Lipinski definition) is 4. The lowest BCUT2D eigenvalue weighted by Crippen LogP contribution is -2.50. The van der Waals surface area contributed by atoms with Crippen LogP contribution in [0, 0.1) is 5.92 Å². The summed E-state index contributed by atoms with van der Waals surface area (Å²) in [5, 5.41) is 13.0. The third-order valence-electron chi connectivity index (χ3n) is 6.56. The summed E-state index contributed by atoms with van der Waals surface area (Å²) in [5.41, 5.74) is 4.41. The molecule has 0 aromatic heterocycles. The topological polar surface area (TPSA) is 105 Å². The number of carboxylic acid groups (broad SMARTS) is 1. The predicted molar refractivity (Wildman–Crippen MR) is 120 cm³/mol. The summed E-state index contributed by atoms with van der Waals surface area (Å²) in [4.78, 5) is 35.2. The SMILES string of the molecule is O=C(C[C@H]1CC[C@@H](NC(=O)OCC2c3ccccc3-c3ccccc32)C1)NC(C(=O)O)C(F)(F)F. The monoisotopic (exact) mass is 490 g/mol. The number of hydrogen-bond donors (Lipinski definition) is 3. The highest BCUT2D eigenvalue weighted by molar-refractivity contribution is 5.84. The Morgan fingerprint density at radius 3 is 2.17 bits per heavy atom. The second-order valence-corrected chi connectivity index (χ2v) is 8.93. The molecule has 186 valence electrons. The summed E-state index contributed by atoms with van der Waals surface area (Å²) in [6.07, 6.45) is -4.46. The minimum atomic E-state index is -5.08. The molecule has 0 radical (unpaired) electrons. The molecule has 7 nitrogen and oxygen atoms in total. The predicted octanol–water partition coefficient (Wildman–Crippen LogP) is 4.22. The van der Waals surface area contributed by atoms with E-state index in [1.165, 1.54) is 5.32 Å².